The van der Waals surface area contributed by atoms with Crippen LogP contribution >= 0.6 is 33.0 Å². The van der Waals surface area contributed by atoms with Crippen LogP contribution in [0.15, 0.2) is 95.5 Å². The van der Waals surface area contributed by atoms with Gasteiger partial charge in [-0.2, -0.15) is 0 Å². The van der Waals surface area contributed by atoms with Crippen LogP contribution in [0.1, 0.15) is 22.7 Å². The Kier molecular flexibility index (Phi) is 8.95. The molecule has 5 aromatic rings. The second kappa shape index (κ2) is 11.8. The van der Waals surface area contributed by atoms with Crippen molar-refractivity contribution in [1.29, 1.82) is 0 Å². The number of benzene rings is 4. The molecule has 2 aliphatic rings. The Bertz CT molecular complexity index is 1460. The first-order valence-electron chi connectivity index (χ1n) is 10.9. The summed E-state index contributed by atoms with van der Waals surface area (Å²) >= 11 is 2.72. The molecule has 0 saturated heterocycles. The average molecular weight is 658 g/mol. The summed E-state index contributed by atoms with van der Waals surface area (Å²) in [7, 11) is 12.0. The van der Waals surface area contributed by atoms with Crippen molar-refractivity contribution in [2.45, 2.75) is 6.04 Å². The van der Waals surface area contributed by atoms with Crippen LogP contribution in [0.25, 0.3) is 33.2 Å². The SMILES string of the molecule is CN1c2ccc[c-]c2C2=Cc3cc(Br)ccc3C21.[Cl][Zr][Cl].[SH-].c1ccc2c(c1)[cH-]c1ccccc12. The number of hydrogen-bond acceptors (Lipinski definition) is 2. The molecule has 35 heavy (non-hydrogen) atoms. The second-order valence-corrected chi connectivity index (χ2v) is 12.9. The minimum Gasteiger partial charge on any atom is -0.813 e. The molecule has 5 aromatic carbocycles. The van der Waals surface area contributed by atoms with E-state index in [4.69, 9.17) is 17.0 Å². The largest absolute Gasteiger partial charge is 0.813 e. The summed E-state index contributed by atoms with van der Waals surface area (Å²) in [5.41, 5.74) is 6.61. The van der Waals surface area contributed by atoms with E-state index >= 15 is 0 Å². The molecule has 0 aromatic heterocycles. The van der Waals surface area contributed by atoms with E-state index in [-0.39, 0.29) is 13.5 Å². The molecule has 1 aliphatic carbocycles. The molecule has 0 saturated carbocycles. The molecule has 1 atom stereocenters. The van der Waals surface area contributed by atoms with E-state index in [0.717, 1.165) is 4.47 Å². The summed E-state index contributed by atoms with van der Waals surface area (Å²) in [6.45, 7) is 0. The molecule has 0 radical (unpaired) electrons. The number of anilines is 1. The summed E-state index contributed by atoms with van der Waals surface area (Å²) in [4.78, 5) is 2.34. The number of hydrogen-bond donors (Lipinski definition) is 0. The van der Waals surface area contributed by atoms with Gasteiger partial charge in [-0.3, -0.25) is 0 Å². The quantitative estimate of drug-likeness (QED) is 0.0929. The monoisotopic (exact) mass is 654 g/mol. The Hall–Kier alpha value is -1.42. The molecule has 6 heteroatoms. The van der Waals surface area contributed by atoms with Gasteiger partial charge in [-0.15, -0.1) is 69.6 Å². The average Bonchev–Trinajstić information content (AvgIpc) is 3.50. The van der Waals surface area contributed by atoms with Crippen LogP contribution in [-0.2, 0) is 34.3 Å². The molecule has 176 valence electrons. The fourth-order valence-corrected chi connectivity index (χ4v) is 5.33. The molecule has 0 bridgehead atoms. The molecule has 1 nitrogen and oxygen atoms in total. The van der Waals surface area contributed by atoms with Crippen molar-refractivity contribution in [3.8, 4) is 0 Å². The van der Waals surface area contributed by atoms with Crippen molar-refractivity contribution in [3.63, 3.8) is 0 Å². The van der Waals surface area contributed by atoms with Crippen molar-refractivity contribution in [2.24, 2.45) is 0 Å². The molecule has 7 rings (SSSR count). The molecule has 1 heterocycles. The standard InChI is InChI=1S/C16H11BrN.C13H9.2ClH.H2S.Zr/c1-18-15-5-3-2-4-13(15)14-9-10-8-11(17)6-7-12(10)16(14)18;1-3-7-12-10(5-1)9-11-6-2-4-8-13(11)12;;;;/h2-3,5-9,16H,1H3;1-9H;2*1H;1H2;/q2*-1;;;;+2/p-3. The minimum atomic E-state index is -0.826. The van der Waals surface area contributed by atoms with Crippen molar-refractivity contribution in [2.75, 3.05) is 11.9 Å². The van der Waals surface area contributed by atoms with E-state index in [1.807, 2.05) is 6.07 Å². The molecule has 0 spiro atoms. The minimum absolute atomic E-state index is 0. The Morgan fingerprint density at radius 3 is 2.20 bits per heavy atom. The molecule has 0 amide bonds. The van der Waals surface area contributed by atoms with E-state index in [1.165, 1.54) is 49.5 Å². The number of nitrogens with zero attached hydrogens (tertiary/aromatic N) is 1. The molecule has 1 aliphatic heterocycles. The van der Waals surface area contributed by atoms with Crippen molar-refractivity contribution in [3.05, 3.63) is 118 Å². The number of thiol groups is 1. The van der Waals surface area contributed by atoms with Crippen LogP contribution in [0.4, 0.5) is 5.69 Å². The van der Waals surface area contributed by atoms with Gasteiger partial charge in [0, 0.05) is 10.5 Å². The predicted molar refractivity (Wildman–Crippen MR) is 156 cm³/mol. The summed E-state index contributed by atoms with van der Waals surface area (Å²) in [5.74, 6) is 0. The van der Waals surface area contributed by atoms with E-state index in [1.54, 1.807) is 0 Å². The molecule has 1 unspecified atom stereocenters. The van der Waals surface area contributed by atoms with Crippen molar-refractivity contribution >= 4 is 85.3 Å². The predicted octanol–water partition coefficient (Wildman–Crippen LogP) is 9.11. The summed E-state index contributed by atoms with van der Waals surface area (Å²) in [6, 6.07) is 35.8. The molecule has 0 fully saturated rings. The van der Waals surface area contributed by atoms with Gasteiger partial charge in [0.1, 0.15) is 0 Å². The summed E-state index contributed by atoms with van der Waals surface area (Å²) in [5, 5.41) is 5.39. The van der Waals surface area contributed by atoms with Gasteiger partial charge in [0.05, 0.1) is 0 Å². The fraction of sp³-hybridized carbons (Fsp3) is 0.0690. The zero-order valence-corrected chi connectivity index (χ0v) is 25.3. The van der Waals surface area contributed by atoms with Crippen LogP contribution < -0.4 is 4.90 Å². The van der Waals surface area contributed by atoms with Crippen molar-refractivity contribution < 1.29 is 20.8 Å². The fourth-order valence-electron chi connectivity index (χ4n) is 4.96. The van der Waals surface area contributed by atoms with Gasteiger partial charge in [-0.25, -0.2) is 0 Å². The maximum Gasteiger partial charge on any atom is -0.0771 e. The van der Waals surface area contributed by atoms with Gasteiger partial charge in [0.15, 0.2) is 0 Å². The van der Waals surface area contributed by atoms with Gasteiger partial charge in [-0.1, -0.05) is 70.0 Å². The van der Waals surface area contributed by atoms with Crippen LogP contribution in [0.2, 0.25) is 0 Å². The van der Waals surface area contributed by atoms with Crippen LogP contribution in [-0.4, -0.2) is 7.05 Å². The molecular formula is C29H21BrCl2NSZr-3. The third-order valence-electron chi connectivity index (χ3n) is 6.36. The van der Waals surface area contributed by atoms with Crippen LogP contribution in [0.3, 0.4) is 0 Å². The van der Waals surface area contributed by atoms with Crippen molar-refractivity contribution in [1.82, 2.24) is 0 Å². The normalized spacial score (nSPS) is 14.5. The zero-order valence-electron chi connectivity index (χ0n) is 18.8. The van der Waals surface area contributed by atoms with Gasteiger partial charge in [0.25, 0.3) is 0 Å². The van der Waals surface area contributed by atoms with Gasteiger partial charge in [-0.05, 0) is 36.0 Å². The van der Waals surface area contributed by atoms with Crippen LogP contribution in [0.5, 0.6) is 0 Å². The Balaban J connectivity index is 0.000000150. The van der Waals surface area contributed by atoms with Gasteiger partial charge in [0.2, 0.25) is 0 Å². The number of likely N-dealkylation sites (N-methyl/N-ethyl adjacent to an activating group) is 1. The van der Waals surface area contributed by atoms with E-state index in [0.29, 0.717) is 6.04 Å². The zero-order chi connectivity index (χ0) is 23.7. The first kappa shape index (κ1) is 26.6. The van der Waals surface area contributed by atoms with Gasteiger partial charge < -0.3 is 18.4 Å². The van der Waals surface area contributed by atoms with E-state index in [2.05, 4.69) is 125 Å². The first-order valence-corrected chi connectivity index (χ1v) is 18.0. The Morgan fingerprint density at radius 1 is 0.914 bits per heavy atom. The smallest absolute Gasteiger partial charge is 0.0771 e. The molecule has 0 N–H and O–H groups in total. The number of rotatable bonds is 0. The number of halogens is 3. The summed E-state index contributed by atoms with van der Waals surface area (Å²) < 4.78 is 1.14. The Morgan fingerprint density at radius 2 is 1.54 bits per heavy atom. The van der Waals surface area contributed by atoms with Gasteiger partial charge >= 0.3 is 37.9 Å². The topological polar surface area (TPSA) is 3.24 Å². The Labute approximate surface area is 240 Å². The maximum atomic E-state index is 4.93. The third kappa shape index (κ3) is 5.20. The first-order chi connectivity index (χ1) is 16.6. The van der Waals surface area contributed by atoms with Crippen LogP contribution in [0, 0.1) is 6.07 Å². The molecular weight excluding hydrogens is 636 g/mol. The third-order valence-corrected chi connectivity index (χ3v) is 6.86. The maximum absolute atomic E-state index is 4.93. The van der Waals surface area contributed by atoms with E-state index < -0.39 is 20.8 Å². The second-order valence-electron chi connectivity index (χ2n) is 8.21. The van der Waals surface area contributed by atoms with E-state index in [9.17, 15) is 0 Å². The summed E-state index contributed by atoms with van der Waals surface area (Å²) in [6.07, 6.45) is 2.30. The number of fused-ring (bicyclic) bond motifs is 8.